The second kappa shape index (κ2) is 9.15. The van der Waals surface area contributed by atoms with Gasteiger partial charge in [0.05, 0.1) is 18.8 Å². The van der Waals surface area contributed by atoms with E-state index in [0.29, 0.717) is 0 Å². The number of aryl methyl sites for hydroxylation is 2. The second-order valence-corrected chi connectivity index (χ2v) is 8.94. The summed E-state index contributed by atoms with van der Waals surface area (Å²) >= 11 is 0. The summed E-state index contributed by atoms with van der Waals surface area (Å²) in [6.07, 6.45) is 1.86. The number of hydrogen-bond donors (Lipinski definition) is 1. The summed E-state index contributed by atoms with van der Waals surface area (Å²) in [7, 11) is -3.51. The average molecular weight is 389 g/mol. The molecule has 27 heavy (non-hydrogen) atoms. The van der Waals surface area contributed by atoms with Crippen LogP contribution in [-0.2, 0) is 21.4 Å². The summed E-state index contributed by atoms with van der Waals surface area (Å²) in [5, 5.41) is 2.95. The van der Waals surface area contributed by atoms with Gasteiger partial charge in [-0.25, -0.2) is 8.42 Å². The molecule has 1 unspecified atom stereocenters. The molecule has 0 fully saturated rings. The fourth-order valence-corrected chi connectivity index (χ4v) is 3.54. The van der Waals surface area contributed by atoms with E-state index in [2.05, 4.69) is 5.32 Å². The van der Waals surface area contributed by atoms with Crippen LogP contribution in [0.15, 0.2) is 48.5 Å². The largest absolute Gasteiger partial charge is 0.348 e. The molecule has 1 amide bonds. The first kappa shape index (κ1) is 21.1. The lowest BCUT2D eigenvalue weighted by molar-refractivity contribution is -0.122. The van der Waals surface area contributed by atoms with Gasteiger partial charge >= 0.3 is 0 Å². The first-order valence-corrected chi connectivity index (χ1v) is 10.9. The molecule has 0 heterocycles. The number of carbonyl (C=O) groups is 1. The molecule has 0 aliphatic carbocycles. The minimum Gasteiger partial charge on any atom is -0.348 e. The highest BCUT2D eigenvalue weighted by atomic mass is 32.2. The van der Waals surface area contributed by atoms with Gasteiger partial charge in [0.2, 0.25) is 15.9 Å². The van der Waals surface area contributed by atoms with Gasteiger partial charge in [0.15, 0.2) is 0 Å². The molecule has 0 aromatic heterocycles. The SMILES string of the molecule is CCC(NC(=O)CN(Cc1ccc(C)cc1)S(C)(=O)=O)c1ccc(C)cc1. The minimum atomic E-state index is -3.51. The number of nitrogens with zero attached hydrogens (tertiary/aromatic N) is 1. The molecule has 1 N–H and O–H groups in total. The Morgan fingerprint density at radius 3 is 2.00 bits per heavy atom. The summed E-state index contributed by atoms with van der Waals surface area (Å²) < 4.78 is 25.5. The van der Waals surface area contributed by atoms with Crippen LogP contribution >= 0.6 is 0 Å². The number of nitrogens with one attached hydrogen (secondary N) is 1. The minimum absolute atomic E-state index is 0.140. The predicted molar refractivity (Wildman–Crippen MR) is 109 cm³/mol. The Morgan fingerprint density at radius 2 is 1.52 bits per heavy atom. The van der Waals surface area contributed by atoms with Crippen LogP contribution in [0.3, 0.4) is 0 Å². The fraction of sp³-hybridized carbons (Fsp3) is 0.381. The van der Waals surface area contributed by atoms with Crippen molar-refractivity contribution in [2.24, 2.45) is 0 Å². The van der Waals surface area contributed by atoms with E-state index in [-0.39, 0.29) is 25.0 Å². The van der Waals surface area contributed by atoms with Crippen molar-refractivity contribution < 1.29 is 13.2 Å². The maximum atomic E-state index is 12.5. The van der Waals surface area contributed by atoms with Crippen molar-refractivity contribution in [2.75, 3.05) is 12.8 Å². The Hall–Kier alpha value is -2.18. The van der Waals surface area contributed by atoms with Crippen LogP contribution in [-0.4, -0.2) is 31.4 Å². The zero-order valence-electron chi connectivity index (χ0n) is 16.4. The third-order valence-corrected chi connectivity index (χ3v) is 5.69. The molecule has 0 aliphatic heterocycles. The second-order valence-electron chi connectivity index (χ2n) is 6.96. The maximum absolute atomic E-state index is 12.5. The zero-order chi connectivity index (χ0) is 20.0. The third kappa shape index (κ3) is 6.48. The molecular weight excluding hydrogens is 360 g/mol. The van der Waals surface area contributed by atoms with Gasteiger partial charge in [0.25, 0.3) is 0 Å². The van der Waals surface area contributed by atoms with E-state index in [1.165, 1.54) is 4.31 Å². The summed E-state index contributed by atoms with van der Waals surface area (Å²) in [5.41, 5.74) is 4.12. The maximum Gasteiger partial charge on any atom is 0.235 e. The van der Waals surface area contributed by atoms with Crippen molar-refractivity contribution in [3.05, 3.63) is 70.8 Å². The van der Waals surface area contributed by atoms with Crippen molar-refractivity contribution in [1.29, 1.82) is 0 Å². The van der Waals surface area contributed by atoms with Crippen LogP contribution in [0.1, 0.15) is 41.6 Å². The van der Waals surface area contributed by atoms with Crippen molar-refractivity contribution in [3.8, 4) is 0 Å². The highest BCUT2D eigenvalue weighted by Crippen LogP contribution is 2.17. The van der Waals surface area contributed by atoms with E-state index in [1.807, 2.05) is 69.3 Å². The molecule has 0 radical (unpaired) electrons. The first-order valence-electron chi connectivity index (χ1n) is 9.05. The summed E-state index contributed by atoms with van der Waals surface area (Å²) in [6.45, 7) is 5.95. The quantitative estimate of drug-likeness (QED) is 0.754. The van der Waals surface area contributed by atoms with E-state index in [0.717, 1.165) is 34.9 Å². The van der Waals surface area contributed by atoms with E-state index in [9.17, 15) is 13.2 Å². The number of carbonyl (C=O) groups excluding carboxylic acids is 1. The first-order chi connectivity index (χ1) is 12.7. The van der Waals surface area contributed by atoms with Crippen LogP contribution < -0.4 is 5.32 Å². The van der Waals surface area contributed by atoms with Crippen LogP contribution in [0.25, 0.3) is 0 Å². The monoisotopic (exact) mass is 388 g/mol. The van der Waals surface area contributed by atoms with Gasteiger partial charge in [-0.05, 0) is 31.4 Å². The lowest BCUT2D eigenvalue weighted by Gasteiger charge is -2.22. The fourth-order valence-electron chi connectivity index (χ4n) is 2.81. The summed E-state index contributed by atoms with van der Waals surface area (Å²) in [5.74, 6) is -0.306. The highest BCUT2D eigenvalue weighted by Gasteiger charge is 2.22. The van der Waals surface area contributed by atoms with Gasteiger partial charge in [-0.3, -0.25) is 4.79 Å². The van der Waals surface area contributed by atoms with Crippen LogP contribution in [0, 0.1) is 13.8 Å². The van der Waals surface area contributed by atoms with Gasteiger partial charge in [-0.2, -0.15) is 4.31 Å². The van der Waals surface area contributed by atoms with Crippen LogP contribution in [0.2, 0.25) is 0 Å². The smallest absolute Gasteiger partial charge is 0.235 e. The highest BCUT2D eigenvalue weighted by molar-refractivity contribution is 7.88. The normalized spacial score (nSPS) is 12.8. The summed E-state index contributed by atoms with van der Waals surface area (Å²) in [6, 6.07) is 15.5. The van der Waals surface area contributed by atoms with E-state index in [1.54, 1.807) is 0 Å². The lowest BCUT2D eigenvalue weighted by Crippen LogP contribution is -2.41. The van der Waals surface area contributed by atoms with Gasteiger partial charge < -0.3 is 5.32 Å². The number of hydrogen-bond acceptors (Lipinski definition) is 3. The average Bonchev–Trinajstić information content (AvgIpc) is 2.61. The molecule has 2 rings (SSSR count). The zero-order valence-corrected chi connectivity index (χ0v) is 17.2. The molecular formula is C21H28N2O3S. The topological polar surface area (TPSA) is 66.5 Å². The molecule has 2 aromatic carbocycles. The van der Waals surface area contributed by atoms with E-state index >= 15 is 0 Å². The van der Waals surface area contributed by atoms with E-state index in [4.69, 9.17) is 0 Å². The standard InChI is InChI=1S/C21H28N2O3S/c1-5-20(19-12-8-17(3)9-13-19)22-21(24)15-23(27(4,25)26)14-18-10-6-16(2)7-11-18/h6-13,20H,5,14-15H2,1-4H3,(H,22,24). The van der Waals surface area contributed by atoms with Crippen molar-refractivity contribution in [3.63, 3.8) is 0 Å². The van der Waals surface area contributed by atoms with Gasteiger partial charge in [-0.1, -0.05) is 66.6 Å². The molecule has 2 aromatic rings. The molecule has 6 heteroatoms. The predicted octanol–water partition coefficient (Wildman–Crippen LogP) is 3.33. The Bertz CT molecular complexity index is 859. The van der Waals surface area contributed by atoms with Crippen molar-refractivity contribution >= 4 is 15.9 Å². The Kier molecular flexibility index (Phi) is 7.16. The van der Waals surface area contributed by atoms with Crippen molar-refractivity contribution in [2.45, 2.75) is 39.8 Å². The molecule has 0 spiro atoms. The molecule has 0 saturated carbocycles. The third-order valence-electron chi connectivity index (χ3n) is 4.49. The Balaban J connectivity index is 2.08. The van der Waals surface area contributed by atoms with Gasteiger partial charge in [0, 0.05) is 6.54 Å². The molecule has 0 bridgehead atoms. The Labute approximate surface area is 162 Å². The number of rotatable bonds is 8. The molecule has 1 atom stereocenters. The molecule has 0 saturated heterocycles. The molecule has 5 nitrogen and oxygen atoms in total. The summed E-state index contributed by atoms with van der Waals surface area (Å²) in [4.78, 5) is 12.5. The lowest BCUT2D eigenvalue weighted by atomic mass is 10.0. The Morgan fingerprint density at radius 1 is 1.00 bits per heavy atom. The van der Waals surface area contributed by atoms with E-state index < -0.39 is 10.0 Å². The molecule has 146 valence electrons. The number of amides is 1. The van der Waals surface area contributed by atoms with Gasteiger partial charge in [0.1, 0.15) is 0 Å². The number of benzene rings is 2. The van der Waals surface area contributed by atoms with Crippen molar-refractivity contribution in [1.82, 2.24) is 9.62 Å². The van der Waals surface area contributed by atoms with Crippen LogP contribution in [0.5, 0.6) is 0 Å². The number of sulfonamides is 1. The van der Waals surface area contributed by atoms with Crippen LogP contribution in [0.4, 0.5) is 0 Å². The van der Waals surface area contributed by atoms with Gasteiger partial charge in [-0.15, -0.1) is 0 Å². The molecule has 0 aliphatic rings.